The second kappa shape index (κ2) is 12.9. The van der Waals surface area contributed by atoms with E-state index in [-0.39, 0.29) is 37.5 Å². The van der Waals surface area contributed by atoms with Gasteiger partial charge in [0, 0.05) is 52.0 Å². The van der Waals surface area contributed by atoms with Gasteiger partial charge in [-0.15, -0.1) is 0 Å². The number of carbonyl (C=O) groups excluding carboxylic acids is 2. The van der Waals surface area contributed by atoms with Crippen molar-refractivity contribution in [2.24, 2.45) is 4.99 Å². The first-order valence-corrected chi connectivity index (χ1v) is 13.3. The normalized spacial score (nSPS) is 14.6. The highest BCUT2D eigenvalue weighted by Gasteiger charge is 2.23. The maximum Gasteiger partial charge on any atom is 0.257 e. The van der Waals surface area contributed by atoms with E-state index in [1.165, 1.54) is 11.8 Å². The van der Waals surface area contributed by atoms with Crippen LogP contribution in [0.3, 0.4) is 0 Å². The van der Waals surface area contributed by atoms with E-state index in [4.69, 9.17) is 32.7 Å². The van der Waals surface area contributed by atoms with Crippen LogP contribution < -0.4 is 20.1 Å². The summed E-state index contributed by atoms with van der Waals surface area (Å²) in [6, 6.07) is 19.6. The predicted molar refractivity (Wildman–Crippen MR) is 148 cm³/mol. The van der Waals surface area contributed by atoms with Gasteiger partial charge in [-0.1, -0.05) is 71.4 Å². The molecule has 1 aliphatic rings. The standard InChI is InChI=1S/C27H25Cl2N3O4S/c1-30-25(33)12-20-16-37-27(31-20)32-26(34)19-10-21(35-14-17-6-2-4-8-23(17)28)13-22(11-19)36-15-18-7-3-5-9-24(18)29/h2-11,13,20H,12,14-16H2,1H3,(H,30,33)(H,31,32,34). The summed E-state index contributed by atoms with van der Waals surface area (Å²) in [6.45, 7) is 0.441. The van der Waals surface area contributed by atoms with Crippen molar-refractivity contribution >= 4 is 51.9 Å². The summed E-state index contributed by atoms with van der Waals surface area (Å²) in [4.78, 5) is 29.2. The summed E-state index contributed by atoms with van der Waals surface area (Å²) < 4.78 is 11.9. The molecule has 2 N–H and O–H groups in total. The summed E-state index contributed by atoms with van der Waals surface area (Å²) in [5.74, 6) is 1.06. The van der Waals surface area contributed by atoms with Gasteiger partial charge in [0.1, 0.15) is 24.7 Å². The fourth-order valence-electron chi connectivity index (χ4n) is 3.50. The van der Waals surface area contributed by atoms with E-state index in [1.807, 2.05) is 36.4 Å². The fraction of sp³-hybridized carbons (Fsp3) is 0.222. The molecule has 1 atom stereocenters. The fourth-order valence-corrected chi connectivity index (χ4v) is 4.81. The molecular formula is C27H25Cl2N3O4S. The molecule has 192 valence electrons. The van der Waals surface area contributed by atoms with Crippen LogP contribution in [0.15, 0.2) is 71.7 Å². The first-order valence-electron chi connectivity index (χ1n) is 11.5. The van der Waals surface area contributed by atoms with Crippen LogP contribution >= 0.6 is 35.0 Å². The van der Waals surface area contributed by atoms with Gasteiger partial charge in [0.15, 0.2) is 5.17 Å². The van der Waals surface area contributed by atoms with Crippen molar-refractivity contribution in [3.8, 4) is 11.5 Å². The number of benzene rings is 3. The molecule has 7 nitrogen and oxygen atoms in total. The maximum atomic E-state index is 13.1. The Bertz CT molecular complexity index is 1250. The molecule has 0 saturated carbocycles. The Balaban J connectivity index is 1.51. The van der Waals surface area contributed by atoms with E-state index in [0.29, 0.717) is 38.0 Å². The van der Waals surface area contributed by atoms with Crippen LogP contribution in [0.1, 0.15) is 27.9 Å². The average molecular weight is 558 g/mol. The molecule has 1 heterocycles. The molecule has 0 radical (unpaired) electrons. The highest BCUT2D eigenvalue weighted by Crippen LogP contribution is 2.27. The lowest BCUT2D eigenvalue weighted by molar-refractivity contribution is -0.120. The van der Waals surface area contributed by atoms with Crippen LogP contribution in [-0.2, 0) is 18.0 Å². The lowest BCUT2D eigenvalue weighted by Crippen LogP contribution is -2.27. The molecule has 2 amide bonds. The number of aliphatic imine (C=N–C) groups is 1. The number of hydrogen-bond donors (Lipinski definition) is 2. The van der Waals surface area contributed by atoms with Crippen LogP contribution in [0.2, 0.25) is 10.0 Å². The summed E-state index contributed by atoms with van der Waals surface area (Å²) in [7, 11) is 1.59. The Morgan fingerprint density at radius 2 is 1.51 bits per heavy atom. The number of amides is 2. The van der Waals surface area contributed by atoms with E-state index in [0.717, 1.165) is 11.1 Å². The van der Waals surface area contributed by atoms with E-state index in [1.54, 1.807) is 37.4 Å². The smallest absolute Gasteiger partial charge is 0.257 e. The number of ether oxygens (including phenoxy) is 2. The van der Waals surface area contributed by atoms with Crippen LogP contribution in [0.4, 0.5) is 0 Å². The van der Waals surface area contributed by atoms with Gasteiger partial charge in [0.05, 0.1) is 6.04 Å². The number of carbonyl (C=O) groups is 2. The molecule has 0 saturated heterocycles. The molecule has 1 unspecified atom stereocenters. The molecule has 3 aromatic rings. The van der Waals surface area contributed by atoms with Gasteiger partial charge >= 0.3 is 0 Å². The molecular weight excluding hydrogens is 533 g/mol. The summed E-state index contributed by atoms with van der Waals surface area (Å²) in [5, 5.41) is 7.07. The number of hydrogen-bond acceptors (Lipinski definition) is 6. The van der Waals surface area contributed by atoms with Gasteiger partial charge < -0.3 is 20.1 Å². The molecule has 1 aliphatic heterocycles. The molecule has 0 spiro atoms. The first-order chi connectivity index (χ1) is 17.9. The number of amidine groups is 1. The average Bonchev–Trinajstić information content (AvgIpc) is 3.34. The summed E-state index contributed by atoms with van der Waals surface area (Å²) in [6.07, 6.45) is 0.272. The third-order valence-corrected chi connectivity index (χ3v) is 7.25. The Kier molecular flexibility index (Phi) is 9.33. The Hall–Kier alpha value is -3.20. The topological polar surface area (TPSA) is 89.0 Å². The van der Waals surface area contributed by atoms with E-state index >= 15 is 0 Å². The molecule has 0 aromatic heterocycles. The van der Waals surface area contributed by atoms with Crippen molar-refractivity contribution in [1.82, 2.24) is 10.6 Å². The van der Waals surface area contributed by atoms with Gasteiger partial charge in [0.25, 0.3) is 5.91 Å². The van der Waals surface area contributed by atoms with Gasteiger partial charge in [-0.2, -0.15) is 0 Å². The van der Waals surface area contributed by atoms with Crippen LogP contribution in [0, 0.1) is 0 Å². The Morgan fingerprint density at radius 1 is 0.946 bits per heavy atom. The monoisotopic (exact) mass is 557 g/mol. The third-order valence-electron chi connectivity index (χ3n) is 5.48. The molecule has 0 fully saturated rings. The van der Waals surface area contributed by atoms with Crippen LogP contribution in [-0.4, -0.2) is 35.8 Å². The number of nitrogens with one attached hydrogen (secondary N) is 2. The minimum atomic E-state index is -0.363. The molecule has 3 aromatic carbocycles. The molecule has 0 aliphatic carbocycles. The largest absolute Gasteiger partial charge is 0.489 e. The van der Waals surface area contributed by atoms with Crippen molar-refractivity contribution in [1.29, 1.82) is 0 Å². The zero-order valence-corrected chi connectivity index (χ0v) is 22.3. The number of nitrogens with zero attached hydrogens (tertiary/aromatic N) is 1. The van der Waals surface area contributed by atoms with E-state index < -0.39 is 0 Å². The van der Waals surface area contributed by atoms with Crippen LogP contribution in [0.25, 0.3) is 0 Å². The molecule has 37 heavy (non-hydrogen) atoms. The van der Waals surface area contributed by atoms with Crippen molar-refractivity contribution in [3.63, 3.8) is 0 Å². The van der Waals surface area contributed by atoms with Gasteiger partial charge in [-0.25, -0.2) is 0 Å². The minimum Gasteiger partial charge on any atom is -0.489 e. The van der Waals surface area contributed by atoms with Crippen molar-refractivity contribution < 1.29 is 19.1 Å². The van der Waals surface area contributed by atoms with Gasteiger partial charge in [0.2, 0.25) is 5.91 Å². The number of thioether (sulfide) groups is 1. The minimum absolute atomic E-state index is 0.0920. The second-order valence-electron chi connectivity index (χ2n) is 8.18. The first kappa shape index (κ1) is 26.9. The zero-order chi connectivity index (χ0) is 26.2. The van der Waals surface area contributed by atoms with Crippen molar-refractivity contribution in [3.05, 3.63) is 93.5 Å². The predicted octanol–water partition coefficient (Wildman–Crippen LogP) is 5.49. The van der Waals surface area contributed by atoms with E-state index in [9.17, 15) is 9.59 Å². The number of rotatable bonds is 9. The molecule has 4 rings (SSSR count). The number of halogens is 2. The second-order valence-corrected chi connectivity index (χ2v) is 10.0. The van der Waals surface area contributed by atoms with Crippen molar-refractivity contribution in [2.45, 2.75) is 25.7 Å². The lowest BCUT2D eigenvalue weighted by atomic mass is 10.2. The van der Waals surface area contributed by atoms with E-state index in [2.05, 4.69) is 15.6 Å². The highest BCUT2D eigenvalue weighted by molar-refractivity contribution is 8.14. The maximum absolute atomic E-state index is 13.1. The van der Waals surface area contributed by atoms with Gasteiger partial charge in [-0.05, 0) is 24.3 Å². The van der Waals surface area contributed by atoms with Crippen LogP contribution in [0.5, 0.6) is 11.5 Å². The lowest BCUT2D eigenvalue weighted by Gasteiger charge is -2.13. The van der Waals surface area contributed by atoms with Gasteiger partial charge in [-0.3, -0.25) is 14.6 Å². The Labute approximate surface area is 229 Å². The van der Waals surface area contributed by atoms with Crippen molar-refractivity contribution in [2.75, 3.05) is 12.8 Å². The SMILES string of the molecule is CNC(=O)CC1CSC(NC(=O)c2cc(OCc3ccccc3Cl)cc(OCc3ccccc3Cl)c2)=N1. The molecule has 0 bridgehead atoms. The third kappa shape index (κ3) is 7.64. The quantitative estimate of drug-likeness (QED) is 0.363. The zero-order valence-electron chi connectivity index (χ0n) is 20.0. The summed E-state index contributed by atoms with van der Waals surface area (Å²) >= 11 is 13.9. The summed E-state index contributed by atoms with van der Waals surface area (Å²) in [5.41, 5.74) is 1.97. The Morgan fingerprint density at radius 3 is 2.05 bits per heavy atom. The molecule has 10 heteroatoms. The highest BCUT2D eigenvalue weighted by atomic mass is 35.5.